The Bertz CT molecular complexity index is 106. The van der Waals surface area contributed by atoms with Crippen molar-refractivity contribution in [3.63, 3.8) is 0 Å². The number of thioether (sulfide) groups is 1. The van der Waals surface area contributed by atoms with Crippen LogP contribution in [0.5, 0.6) is 0 Å². The smallest absolute Gasteiger partial charge is 0.0700 e. The fraction of sp³-hybridized carbons (Fsp3) is 1.00. The summed E-state index contributed by atoms with van der Waals surface area (Å²) >= 11 is 14.0. The molecule has 0 aliphatic rings. The first-order chi connectivity index (χ1) is 8.33. The van der Waals surface area contributed by atoms with Gasteiger partial charge in [0.05, 0.1) is 19.8 Å². The maximum absolute atomic E-state index is 5.18. The van der Waals surface area contributed by atoms with Crippen LogP contribution in [0.3, 0.4) is 0 Å². The van der Waals surface area contributed by atoms with E-state index in [1.54, 1.807) is 0 Å². The van der Waals surface area contributed by atoms with E-state index in [4.69, 9.17) is 9.47 Å². The number of rotatable bonds is 11. The second kappa shape index (κ2) is 22.5. The zero-order valence-electron chi connectivity index (χ0n) is 10.6. The van der Waals surface area contributed by atoms with Gasteiger partial charge < -0.3 is 9.47 Å². The summed E-state index contributed by atoms with van der Waals surface area (Å²) in [5.41, 5.74) is 0. The molecule has 0 fully saturated rings. The van der Waals surface area contributed by atoms with E-state index < -0.39 is 0 Å². The topological polar surface area (TPSA) is 18.5 Å². The molecule has 0 bridgehead atoms. The minimum Gasteiger partial charge on any atom is -0.379 e. The molecular formula is C11H26O2S4. The van der Waals surface area contributed by atoms with Crippen molar-refractivity contribution in [2.24, 2.45) is 0 Å². The Morgan fingerprint density at radius 2 is 1.29 bits per heavy atom. The summed E-state index contributed by atoms with van der Waals surface area (Å²) in [7, 11) is 0. The van der Waals surface area contributed by atoms with E-state index >= 15 is 0 Å². The molecule has 0 aliphatic heterocycles. The Kier molecular flexibility index (Phi) is 27.3. The molecule has 0 atom stereocenters. The summed E-state index contributed by atoms with van der Waals surface area (Å²) in [5, 5.41) is 0. The third-order valence-electron chi connectivity index (χ3n) is 1.43. The fourth-order valence-electron chi connectivity index (χ4n) is 0.762. The molecule has 0 rings (SSSR count). The number of ether oxygens (including phenoxy) is 2. The first-order valence-corrected chi connectivity index (χ1v) is 8.94. The van der Waals surface area contributed by atoms with Crippen molar-refractivity contribution in [1.82, 2.24) is 0 Å². The van der Waals surface area contributed by atoms with Crippen molar-refractivity contribution >= 4 is 49.6 Å². The fourth-order valence-corrected chi connectivity index (χ4v) is 2.13. The van der Waals surface area contributed by atoms with Crippen molar-refractivity contribution < 1.29 is 9.47 Å². The maximum Gasteiger partial charge on any atom is 0.0700 e. The number of hydrogen-bond donors (Lipinski definition) is 3. The Morgan fingerprint density at radius 1 is 0.765 bits per heavy atom. The molecule has 0 saturated carbocycles. The van der Waals surface area contributed by atoms with Crippen molar-refractivity contribution in [3.8, 4) is 0 Å². The molecule has 106 valence electrons. The second-order valence-corrected chi connectivity index (χ2v) is 5.57. The Morgan fingerprint density at radius 3 is 1.71 bits per heavy atom. The average molecular weight is 319 g/mol. The predicted octanol–water partition coefficient (Wildman–Crippen LogP) is 2.94. The highest BCUT2D eigenvalue weighted by Crippen LogP contribution is 1.99. The van der Waals surface area contributed by atoms with Gasteiger partial charge in [0.15, 0.2) is 0 Å². The monoisotopic (exact) mass is 318 g/mol. The number of hydrogen-bond acceptors (Lipinski definition) is 6. The molecule has 6 heteroatoms. The van der Waals surface area contributed by atoms with E-state index in [1.165, 1.54) is 0 Å². The lowest BCUT2D eigenvalue weighted by Crippen LogP contribution is -2.06. The molecule has 2 nitrogen and oxygen atoms in total. The van der Waals surface area contributed by atoms with E-state index in [2.05, 4.69) is 44.8 Å². The molecule has 0 aromatic carbocycles. The normalized spacial score (nSPS) is 9.88. The van der Waals surface area contributed by atoms with Gasteiger partial charge in [-0.3, -0.25) is 0 Å². The van der Waals surface area contributed by atoms with Gasteiger partial charge in [0.1, 0.15) is 0 Å². The Balaban J connectivity index is 0. The highest BCUT2D eigenvalue weighted by atomic mass is 32.2. The highest BCUT2D eigenvalue weighted by molar-refractivity contribution is 8.00. The molecule has 0 N–H and O–H groups in total. The summed E-state index contributed by atoms with van der Waals surface area (Å²) in [5.74, 6) is 5.07. The van der Waals surface area contributed by atoms with Gasteiger partial charge in [-0.1, -0.05) is 6.92 Å². The third kappa shape index (κ3) is 26.8. The van der Waals surface area contributed by atoms with Crippen LogP contribution in [-0.2, 0) is 9.47 Å². The molecule has 0 unspecified atom stereocenters. The molecule has 0 aromatic heterocycles. The predicted molar refractivity (Wildman–Crippen MR) is 90.8 cm³/mol. The van der Waals surface area contributed by atoms with Gasteiger partial charge in [0, 0.05) is 23.9 Å². The van der Waals surface area contributed by atoms with Crippen LogP contribution in [0.1, 0.15) is 13.3 Å². The lowest BCUT2D eigenvalue weighted by Gasteiger charge is -2.02. The average Bonchev–Trinajstić information content (AvgIpc) is 2.35. The standard InChI is InChI=1S/C7H16O2S.C4H10S3/c1-2-3-8-4-5-9-6-7-10;5-1-3-7-4-2-6/h10H,2-7H2,1H3;5-6H,1-4H2. The van der Waals surface area contributed by atoms with E-state index in [-0.39, 0.29) is 0 Å². The second-order valence-electron chi connectivity index (χ2n) is 3.01. The van der Waals surface area contributed by atoms with Crippen LogP contribution in [0.2, 0.25) is 0 Å². The van der Waals surface area contributed by atoms with Crippen molar-refractivity contribution in [1.29, 1.82) is 0 Å². The molecule has 0 aromatic rings. The van der Waals surface area contributed by atoms with Gasteiger partial charge in [0.2, 0.25) is 0 Å². The van der Waals surface area contributed by atoms with Crippen LogP contribution >= 0.6 is 49.6 Å². The minimum atomic E-state index is 0.695. The van der Waals surface area contributed by atoms with E-state index in [1.807, 2.05) is 11.8 Å². The van der Waals surface area contributed by atoms with Gasteiger partial charge in [-0.25, -0.2) is 0 Å². The van der Waals surface area contributed by atoms with Gasteiger partial charge in [-0.15, -0.1) is 0 Å². The van der Waals surface area contributed by atoms with Crippen molar-refractivity contribution in [3.05, 3.63) is 0 Å². The lowest BCUT2D eigenvalue weighted by atomic mass is 10.5. The van der Waals surface area contributed by atoms with Crippen molar-refractivity contribution in [2.75, 3.05) is 55.2 Å². The van der Waals surface area contributed by atoms with Gasteiger partial charge in [-0.2, -0.15) is 49.6 Å². The number of thiol groups is 3. The highest BCUT2D eigenvalue weighted by Gasteiger charge is 1.86. The van der Waals surface area contributed by atoms with Gasteiger partial charge >= 0.3 is 0 Å². The van der Waals surface area contributed by atoms with Crippen LogP contribution < -0.4 is 0 Å². The summed E-state index contributed by atoms with van der Waals surface area (Å²) in [4.78, 5) is 0. The molecule has 0 heterocycles. The minimum absolute atomic E-state index is 0.695. The van der Waals surface area contributed by atoms with Crippen molar-refractivity contribution in [2.45, 2.75) is 13.3 Å². The van der Waals surface area contributed by atoms with E-state index in [9.17, 15) is 0 Å². The molecule has 0 spiro atoms. The van der Waals surface area contributed by atoms with Crippen LogP contribution in [0.4, 0.5) is 0 Å². The summed E-state index contributed by atoms with van der Waals surface area (Å²) in [6, 6.07) is 0. The molecule has 0 aliphatic carbocycles. The van der Waals surface area contributed by atoms with Gasteiger partial charge in [-0.05, 0) is 17.9 Å². The zero-order valence-corrected chi connectivity index (χ0v) is 14.1. The van der Waals surface area contributed by atoms with Crippen LogP contribution in [0.15, 0.2) is 0 Å². The molecule has 0 saturated heterocycles. The zero-order chi connectivity index (χ0) is 13.2. The van der Waals surface area contributed by atoms with Gasteiger partial charge in [0.25, 0.3) is 0 Å². The Labute approximate surface area is 127 Å². The SMILES string of the molecule is CCCOCCOCCS.SCCSCCS. The largest absolute Gasteiger partial charge is 0.379 e. The summed E-state index contributed by atoms with van der Waals surface area (Å²) in [6.45, 7) is 5.06. The first-order valence-electron chi connectivity index (χ1n) is 5.89. The summed E-state index contributed by atoms with van der Waals surface area (Å²) < 4.78 is 10.3. The first kappa shape index (κ1) is 20.6. The molecular weight excluding hydrogens is 292 g/mol. The van der Waals surface area contributed by atoms with Crippen LogP contribution in [0, 0.1) is 0 Å². The van der Waals surface area contributed by atoms with E-state index in [0.717, 1.165) is 48.4 Å². The summed E-state index contributed by atoms with van der Waals surface area (Å²) in [6.07, 6.45) is 1.08. The maximum atomic E-state index is 5.18. The molecule has 17 heavy (non-hydrogen) atoms. The molecule has 0 amide bonds. The lowest BCUT2D eigenvalue weighted by molar-refractivity contribution is 0.0542. The van der Waals surface area contributed by atoms with Crippen LogP contribution in [-0.4, -0.2) is 55.2 Å². The van der Waals surface area contributed by atoms with E-state index in [0.29, 0.717) is 13.2 Å². The molecule has 0 radical (unpaired) electrons. The van der Waals surface area contributed by atoms with Crippen LogP contribution in [0.25, 0.3) is 0 Å². The quantitative estimate of drug-likeness (QED) is 0.402. The third-order valence-corrected chi connectivity index (χ3v) is 3.65. The Hall–Kier alpha value is 1.32.